The highest BCUT2D eigenvalue weighted by Gasteiger charge is 2.03. The van der Waals surface area contributed by atoms with Gasteiger partial charge in [-0.2, -0.15) is 5.26 Å². The van der Waals surface area contributed by atoms with Crippen molar-refractivity contribution in [3.8, 4) is 6.07 Å². The first-order valence-electron chi connectivity index (χ1n) is 5.09. The topological polar surface area (TPSA) is 36.7 Å². The van der Waals surface area contributed by atoms with Crippen LogP contribution < -0.4 is 0 Å². The molecular weight excluding hydrogens is 184 g/mol. The van der Waals surface area contributed by atoms with Gasteiger partial charge < -0.3 is 0 Å². The fourth-order valence-corrected chi connectivity index (χ4v) is 1.77. The van der Waals surface area contributed by atoms with Gasteiger partial charge in [-0.25, -0.2) is 0 Å². The summed E-state index contributed by atoms with van der Waals surface area (Å²) >= 11 is 0. The predicted octanol–water partition coefficient (Wildman–Crippen LogP) is 2.86. The average Bonchev–Trinajstić information content (AvgIpc) is 2.28. The van der Waals surface area contributed by atoms with Crippen molar-refractivity contribution in [3.05, 3.63) is 41.6 Å². The van der Waals surface area contributed by atoms with Crippen LogP contribution in [0.15, 0.2) is 30.3 Å². The first-order valence-corrected chi connectivity index (χ1v) is 5.09. The van der Waals surface area contributed by atoms with Gasteiger partial charge in [-0.05, 0) is 24.1 Å². The van der Waals surface area contributed by atoms with E-state index in [2.05, 4.69) is 24.0 Å². The lowest BCUT2D eigenvalue weighted by Crippen LogP contribution is -1.93. The van der Waals surface area contributed by atoms with Crippen molar-refractivity contribution in [3.63, 3.8) is 0 Å². The Morgan fingerprint density at radius 1 is 1.33 bits per heavy atom. The molecule has 0 saturated heterocycles. The van der Waals surface area contributed by atoms with Crippen LogP contribution in [0.4, 0.5) is 0 Å². The van der Waals surface area contributed by atoms with E-state index in [0.29, 0.717) is 6.42 Å². The first-order chi connectivity index (χ1) is 7.35. The van der Waals surface area contributed by atoms with E-state index in [1.54, 1.807) is 0 Å². The maximum atomic E-state index is 8.67. The Labute approximate surface area is 89.2 Å². The highest BCUT2D eigenvalue weighted by molar-refractivity contribution is 5.82. The van der Waals surface area contributed by atoms with E-state index in [1.807, 2.05) is 24.3 Å². The molecule has 0 aliphatic rings. The molecule has 2 rings (SSSR count). The predicted molar refractivity (Wildman–Crippen MR) is 60.4 cm³/mol. The number of aryl methyl sites for hydroxylation is 1. The number of pyridine rings is 1. The van der Waals surface area contributed by atoms with E-state index in [0.717, 1.165) is 17.6 Å². The molecule has 74 valence electrons. The van der Waals surface area contributed by atoms with E-state index < -0.39 is 0 Å². The van der Waals surface area contributed by atoms with Crippen molar-refractivity contribution in [1.29, 1.82) is 5.26 Å². The summed E-state index contributed by atoms with van der Waals surface area (Å²) in [5.74, 6) is 0. The molecular formula is C13H12N2. The number of nitrogens with zero attached hydrogens (tertiary/aromatic N) is 2. The number of fused-ring (bicyclic) bond motifs is 1. The normalized spacial score (nSPS) is 10.1. The summed E-state index contributed by atoms with van der Waals surface area (Å²) in [6.45, 7) is 2.12. The van der Waals surface area contributed by atoms with Crippen LogP contribution in [-0.2, 0) is 12.8 Å². The number of hydrogen-bond acceptors (Lipinski definition) is 2. The van der Waals surface area contributed by atoms with E-state index in [4.69, 9.17) is 5.26 Å². The number of benzene rings is 1. The van der Waals surface area contributed by atoms with Crippen molar-refractivity contribution >= 4 is 10.9 Å². The summed E-state index contributed by atoms with van der Waals surface area (Å²) in [5.41, 5.74) is 3.13. The van der Waals surface area contributed by atoms with Crippen LogP contribution in [0.1, 0.15) is 18.2 Å². The number of nitriles is 1. The second-order valence-electron chi connectivity index (χ2n) is 3.48. The molecule has 0 unspecified atom stereocenters. The fraction of sp³-hybridized carbons (Fsp3) is 0.231. The molecule has 0 N–H and O–H groups in total. The maximum absolute atomic E-state index is 8.67. The zero-order valence-corrected chi connectivity index (χ0v) is 8.70. The summed E-state index contributed by atoms with van der Waals surface area (Å²) in [7, 11) is 0. The monoisotopic (exact) mass is 196 g/mol. The minimum absolute atomic E-state index is 0.387. The lowest BCUT2D eigenvalue weighted by molar-refractivity contribution is 1.09. The molecule has 0 saturated carbocycles. The van der Waals surface area contributed by atoms with E-state index in [-0.39, 0.29) is 0 Å². The molecule has 0 aliphatic heterocycles. The van der Waals surface area contributed by atoms with Gasteiger partial charge in [-0.15, -0.1) is 0 Å². The highest BCUT2D eigenvalue weighted by atomic mass is 14.7. The second-order valence-corrected chi connectivity index (χ2v) is 3.48. The first kappa shape index (κ1) is 9.67. The van der Waals surface area contributed by atoms with Crippen LogP contribution in [0.2, 0.25) is 0 Å². The highest BCUT2D eigenvalue weighted by Crippen LogP contribution is 2.18. The Kier molecular flexibility index (Phi) is 2.64. The van der Waals surface area contributed by atoms with Crippen LogP contribution in [0, 0.1) is 11.3 Å². The van der Waals surface area contributed by atoms with Crippen molar-refractivity contribution in [2.75, 3.05) is 0 Å². The molecule has 0 spiro atoms. The quantitative estimate of drug-likeness (QED) is 0.740. The Bertz CT molecular complexity index is 524. The van der Waals surface area contributed by atoms with Gasteiger partial charge in [0.1, 0.15) is 0 Å². The van der Waals surface area contributed by atoms with Crippen LogP contribution in [-0.4, -0.2) is 4.98 Å². The summed E-state index contributed by atoms with van der Waals surface area (Å²) in [4.78, 5) is 4.45. The Hall–Kier alpha value is -1.88. The largest absolute Gasteiger partial charge is 0.252 e. The van der Waals surface area contributed by atoms with Crippen LogP contribution in [0.5, 0.6) is 0 Å². The van der Waals surface area contributed by atoms with Gasteiger partial charge >= 0.3 is 0 Å². The number of rotatable bonds is 2. The molecule has 0 amide bonds. The number of para-hydroxylation sites is 1. The molecule has 0 aliphatic carbocycles. The fourth-order valence-electron chi connectivity index (χ4n) is 1.77. The summed E-state index contributed by atoms with van der Waals surface area (Å²) < 4.78 is 0. The van der Waals surface area contributed by atoms with Crippen LogP contribution in [0.3, 0.4) is 0 Å². The lowest BCUT2D eigenvalue weighted by Gasteiger charge is -2.05. The van der Waals surface area contributed by atoms with Crippen molar-refractivity contribution in [1.82, 2.24) is 4.98 Å². The zero-order valence-electron chi connectivity index (χ0n) is 8.70. The Morgan fingerprint density at radius 3 is 2.87 bits per heavy atom. The second kappa shape index (κ2) is 4.10. The van der Waals surface area contributed by atoms with Crippen LogP contribution in [0.25, 0.3) is 10.9 Å². The third kappa shape index (κ3) is 1.82. The molecule has 2 heteroatoms. The van der Waals surface area contributed by atoms with E-state index >= 15 is 0 Å². The van der Waals surface area contributed by atoms with Crippen molar-refractivity contribution in [2.24, 2.45) is 0 Å². The van der Waals surface area contributed by atoms with E-state index in [1.165, 1.54) is 10.9 Å². The molecule has 0 radical (unpaired) electrons. The molecule has 1 aromatic carbocycles. The average molecular weight is 196 g/mol. The van der Waals surface area contributed by atoms with Gasteiger partial charge in [-0.3, -0.25) is 4.98 Å². The third-order valence-corrected chi connectivity index (χ3v) is 2.50. The minimum atomic E-state index is 0.387. The molecule has 0 fully saturated rings. The van der Waals surface area contributed by atoms with Crippen molar-refractivity contribution < 1.29 is 0 Å². The summed E-state index contributed by atoms with van der Waals surface area (Å²) in [5, 5.41) is 9.86. The Balaban J connectivity index is 2.67. The number of hydrogen-bond donors (Lipinski definition) is 0. The molecule has 15 heavy (non-hydrogen) atoms. The number of aromatic nitrogens is 1. The molecule has 2 aromatic rings. The Morgan fingerprint density at radius 2 is 2.13 bits per heavy atom. The molecule has 0 bridgehead atoms. The van der Waals surface area contributed by atoms with Gasteiger partial charge in [0.05, 0.1) is 23.7 Å². The molecule has 0 atom stereocenters. The minimum Gasteiger partial charge on any atom is -0.252 e. The van der Waals surface area contributed by atoms with Gasteiger partial charge in [0.15, 0.2) is 0 Å². The summed E-state index contributed by atoms with van der Waals surface area (Å²) in [6, 6.07) is 12.2. The standard InChI is InChI=1S/C13H12N2/c1-2-10-9-11(7-8-14)15-13-6-4-3-5-12(10)13/h3-6,9H,2,7H2,1H3. The van der Waals surface area contributed by atoms with Crippen LogP contribution >= 0.6 is 0 Å². The summed E-state index contributed by atoms with van der Waals surface area (Å²) in [6.07, 6.45) is 1.36. The molecule has 2 nitrogen and oxygen atoms in total. The smallest absolute Gasteiger partial charge is 0.0775 e. The van der Waals surface area contributed by atoms with Gasteiger partial charge in [0.25, 0.3) is 0 Å². The third-order valence-electron chi connectivity index (χ3n) is 2.50. The van der Waals surface area contributed by atoms with Gasteiger partial charge in [-0.1, -0.05) is 25.1 Å². The SMILES string of the molecule is CCc1cc(CC#N)nc2ccccc12. The van der Waals surface area contributed by atoms with Gasteiger partial charge in [0.2, 0.25) is 0 Å². The zero-order chi connectivity index (χ0) is 10.7. The van der Waals surface area contributed by atoms with Gasteiger partial charge in [0, 0.05) is 5.39 Å². The molecule has 1 aromatic heterocycles. The van der Waals surface area contributed by atoms with E-state index in [9.17, 15) is 0 Å². The maximum Gasteiger partial charge on any atom is 0.0775 e. The van der Waals surface area contributed by atoms with Crippen molar-refractivity contribution in [2.45, 2.75) is 19.8 Å². The molecule has 1 heterocycles. The lowest BCUT2D eigenvalue weighted by atomic mass is 10.0.